The number of aliphatic hydroxyl groups excluding tert-OH is 3. The molecule has 0 radical (unpaired) electrons. The van der Waals surface area contributed by atoms with Crippen molar-refractivity contribution in [1.82, 2.24) is 15.6 Å². The first-order valence-electron chi connectivity index (χ1n) is 16.1. The predicted octanol–water partition coefficient (Wildman–Crippen LogP) is 4.64. The van der Waals surface area contributed by atoms with Gasteiger partial charge in [-0.25, -0.2) is 0 Å². The summed E-state index contributed by atoms with van der Waals surface area (Å²) in [6, 6.07) is 17.2. The van der Waals surface area contributed by atoms with Crippen molar-refractivity contribution in [1.29, 1.82) is 5.26 Å². The van der Waals surface area contributed by atoms with Crippen LogP contribution in [-0.2, 0) is 24.6 Å². The maximum absolute atomic E-state index is 11.5. The van der Waals surface area contributed by atoms with Crippen molar-refractivity contribution < 1.29 is 39.4 Å². The Labute approximate surface area is 306 Å². The van der Waals surface area contributed by atoms with Crippen LogP contribution in [0.3, 0.4) is 0 Å². The SMILES string of the molecule is Cc1c(COc2cc(OCc3cncc(C#N)c3)c(CNC(CO)C(=O)O)cc2Cl)cccc1-c1cccc(OCCCNCC(O)CO)c1Cl. The van der Waals surface area contributed by atoms with Crippen molar-refractivity contribution in [2.45, 2.75) is 45.2 Å². The van der Waals surface area contributed by atoms with Gasteiger partial charge in [-0.15, -0.1) is 0 Å². The van der Waals surface area contributed by atoms with Gasteiger partial charge in [-0.05, 0) is 54.8 Å². The summed E-state index contributed by atoms with van der Waals surface area (Å²) < 4.78 is 18.3. The van der Waals surface area contributed by atoms with Crippen molar-refractivity contribution in [2.75, 3.05) is 32.9 Å². The number of aliphatic hydroxyl groups is 3. The van der Waals surface area contributed by atoms with Gasteiger partial charge in [0.05, 0.1) is 41.5 Å². The van der Waals surface area contributed by atoms with E-state index in [2.05, 4.69) is 15.6 Å². The summed E-state index contributed by atoms with van der Waals surface area (Å²) in [5.41, 5.74) is 5.06. The fourth-order valence-electron chi connectivity index (χ4n) is 5.04. The molecule has 0 bridgehead atoms. The molecule has 1 heterocycles. The number of benzene rings is 3. The van der Waals surface area contributed by atoms with Gasteiger partial charge in [-0.3, -0.25) is 15.1 Å². The molecule has 0 fully saturated rings. The number of nitrogens with one attached hydrogen (secondary N) is 2. The minimum Gasteiger partial charge on any atom is -0.492 e. The van der Waals surface area contributed by atoms with Gasteiger partial charge >= 0.3 is 5.97 Å². The second-order valence-corrected chi connectivity index (χ2v) is 12.4. The van der Waals surface area contributed by atoms with E-state index in [0.717, 1.165) is 22.3 Å². The number of rotatable bonds is 20. The number of carboxylic acid groups (broad SMARTS) is 1. The lowest BCUT2D eigenvalue weighted by atomic mass is 9.96. The zero-order valence-corrected chi connectivity index (χ0v) is 29.5. The molecular weight excluding hydrogens is 699 g/mol. The first-order valence-corrected chi connectivity index (χ1v) is 16.9. The molecule has 51 heavy (non-hydrogen) atoms. The highest BCUT2D eigenvalue weighted by Crippen LogP contribution is 2.38. The summed E-state index contributed by atoms with van der Waals surface area (Å²) in [5, 5.41) is 53.0. The van der Waals surface area contributed by atoms with Crippen LogP contribution in [0.25, 0.3) is 11.1 Å². The molecular formula is C37H40Cl2N4O8. The van der Waals surface area contributed by atoms with Crippen LogP contribution >= 0.6 is 23.2 Å². The molecule has 2 atom stereocenters. The van der Waals surface area contributed by atoms with E-state index in [4.69, 9.17) is 42.5 Å². The van der Waals surface area contributed by atoms with Crippen LogP contribution in [0, 0.1) is 18.3 Å². The first kappa shape index (κ1) is 39.3. The Bertz CT molecular complexity index is 1820. The number of carbonyl (C=O) groups is 1. The van der Waals surface area contributed by atoms with Crippen molar-refractivity contribution >= 4 is 29.2 Å². The lowest BCUT2D eigenvalue weighted by molar-refractivity contribution is -0.140. The van der Waals surface area contributed by atoms with E-state index in [9.17, 15) is 25.4 Å². The Morgan fingerprint density at radius 3 is 2.45 bits per heavy atom. The number of carboxylic acids is 1. The number of aromatic nitrogens is 1. The Balaban J connectivity index is 1.50. The summed E-state index contributed by atoms with van der Waals surface area (Å²) in [7, 11) is 0. The largest absolute Gasteiger partial charge is 0.492 e. The van der Waals surface area contributed by atoms with Crippen molar-refractivity contribution in [3.05, 3.63) is 105 Å². The van der Waals surface area contributed by atoms with Gasteiger partial charge in [-0.1, -0.05) is 53.5 Å². The van der Waals surface area contributed by atoms with Crippen LogP contribution in [0.4, 0.5) is 0 Å². The lowest BCUT2D eigenvalue weighted by Gasteiger charge is -2.19. The molecule has 270 valence electrons. The second kappa shape index (κ2) is 19.8. The molecule has 0 amide bonds. The Morgan fingerprint density at radius 2 is 1.71 bits per heavy atom. The maximum Gasteiger partial charge on any atom is 0.323 e. The predicted molar refractivity (Wildman–Crippen MR) is 192 cm³/mol. The van der Waals surface area contributed by atoms with E-state index in [1.165, 1.54) is 6.20 Å². The number of hydrogen-bond acceptors (Lipinski definition) is 11. The first-order chi connectivity index (χ1) is 24.6. The molecule has 12 nitrogen and oxygen atoms in total. The van der Waals surface area contributed by atoms with Crippen LogP contribution in [0.15, 0.2) is 67.0 Å². The molecule has 1 aromatic heterocycles. The molecule has 6 N–H and O–H groups in total. The molecule has 4 aromatic rings. The number of pyridine rings is 1. The van der Waals surface area contributed by atoms with Gasteiger partial charge in [0.25, 0.3) is 0 Å². The third kappa shape index (κ3) is 11.3. The lowest BCUT2D eigenvalue weighted by Crippen LogP contribution is -2.39. The molecule has 14 heteroatoms. The molecule has 0 spiro atoms. The Hall–Kier alpha value is -4.45. The summed E-state index contributed by atoms with van der Waals surface area (Å²) >= 11 is 13.5. The van der Waals surface area contributed by atoms with E-state index in [1.807, 2.05) is 43.3 Å². The summed E-state index contributed by atoms with van der Waals surface area (Å²) in [4.78, 5) is 15.5. The van der Waals surface area contributed by atoms with E-state index in [0.29, 0.717) is 65.1 Å². The minimum atomic E-state index is -1.20. The minimum absolute atomic E-state index is 0.0275. The molecule has 2 unspecified atom stereocenters. The summed E-state index contributed by atoms with van der Waals surface area (Å²) in [6.07, 6.45) is 2.90. The number of nitrogens with zero attached hydrogens (tertiary/aromatic N) is 2. The molecule has 3 aromatic carbocycles. The molecule has 0 saturated heterocycles. The van der Waals surface area contributed by atoms with E-state index in [1.54, 1.807) is 30.5 Å². The topological polar surface area (TPSA) is 186 Å². The van der Waals surface area contributed by atoms with Gasteiger partial charge in [0, 0.05) is 48.2 Å². The highest BCUT2D eigenvalue weighted by molar-refractivity contribution is 6.35. The van der Waals surface area contributed by atoms with E-state index < -0.39 is 24.7 Å². The maximum atomic E-state index is 11.5. The van der Waals surface area contributed by atoms with Crippen LogP contribution in [-0.4, -0.2) is 76.4 Å². The molecule has 0 aliphatic heterocycles. The standard InChI is InChI=1S/C37H40Cl2N4O8/c1-23-26(5-2-6-29(23)30-7-3-8-33(36(30)39)49-10-4-9-41-18-28(46)19-44)22-51-35-13-34(50-21-25-11-24(14-40)15-42-16-25)27(12-31(35)38)17-43-32(20-45)37(47)48/h2-3,5-8,11-13,15-16,28,32,41,43-46H,4,9-10,17-22H2,1H3,(H,47,48). The molecule has 0 aliphatic rings. The highest BCUT2D eigenvalue weighted by atomic mass is 35.5. The second-order valence-electron chi connectivity index (χ2n) is 11.6. The smallest absolute Gasteiger partial charge is 0.323 e. The quantitative estimate of drug-likeness (QED) is 0.0691. The van der Waals surface area contributed by atoms with E-state index >= 15 is 0 Å². The van der Waals surface area contributed by atoms with Gasteiger partial charge in [0.15, 0.2) is 0 Å². The summed E-state index contributed by atoms with van der Waals surface area (Å²) in [6.45, 7) is 2.63. The average molecular weight is 740 g/mol. The third-order valence-electron chi connectivity index (χ3n) is 7.88. The van der Waals surface area contributed by atoms with Crippen molar-refractivity contribution in [3.63, 3.8) is 0 Å². The number of halogens is 2. The number of aliphatic carboxylic acids is 1. The van der Waals surface area contributed by atoms with Gasteiger partial charge < -0.3 is 40.0 Å². The van der Waals surface area contributed by atoms with E-state index in [-0.39, 0.29) is 31.4 Å². The van der Waals surface area contributed by atoms with Crippen molar-refractivity contribution in [2.24, 2.45) is 0 Å². The molecule has 0 saturated carbocycles. The van der Waals surface area contributed by atoms with Crippen molar-refractivity contribution in [3.8, 4) is 34.4 Å². The van der Waals surface area contributed by atoms with Crippen LogP contribution in [0.1, 0.15) is 34.2 Å². The summed E-state index contributed by atoms with van der Waals surface area (Å²) in [5.74, 6) is 0.0293. The highest BCUT2D eigenvalue weighted by Gasteiger charge is 2.19. The number of hydrogen-bond donors (Lipinski definition) is 6. The fourth-order valence-corrected chi connectivity index (χ4v) is 5.56. The zero-order valence-electron chi connectivity index (χ0n) is 27.9. The van der Waals surface area contributed by atoms with Crippen LogP contribution < -0.4 is 24.8 Å². The molecule has 0 aliphatic carbocycles. The number of nitriles is 1. The average Bonchev–Trinajstić information content (AvgIpc) is 3.13. The Morgan fingerprint density at radius 1 is 0.941 bits per heavy atom. The normalized spacial score (nSPS) is 12.2. The van der Waals surface area contributed by atoms with Gasteiger partial charge in [-0.2, -0.15) is 5.26 Å². The fraction of sp³-hybridized carbons (Fsp3) is 0.324. The zero-order chi connectivity index (χ0) is 36.8. The Kier molecular flexibility index (Phi) is 15.3. The number of ether oxygens (including phenoxy) is 3. The molecule has 4 rings (SSSR count). The monoisotopic (exact) mass is 738 g/mol. The van der Waals surface area contributed by atoms with Crippen LogP contribution in [0.5, 0.6) is 17.2 Å². The van der Waals surface area contributed by atoms with Crippen LogP contribution in [0.2, 0.25) is 10.0 Å². The van der Waals surface area contributed by atoms with Gasteiger partial charge in [0.2, 0.25) is 0 Å². The van der Waals surface area contributed by atoms with Gasteiger partial charge in [0.1, 0.15) is 42.6 Å². The third-order valence-corrected chi connectivity index (χ3v) is 8.57.